The highest BCUT2D eigenvalue weighted by Crippen LogP contribution is 2.19. The fourth-order valence-corrected chi connectivity index (χ4v) is 3.38. The lowest BCUT2D eigenvalue weighted by Gasteiger charge is -2.08. The standard InChI is InChI=1S/C18H19BrN6O2S/c1-27-15-7-5-13(6-8-15)21-10-16-23-24-18(25(16)20)28-11-17(26)22-14-4-2-3-12(19)9-14/h2-9,21H,10-11,20H2,1H3,(H,22,26). The molecule has 0 fully saturated rings. The lowest BCUT2D eigenvalue weighted by molar-refractivity contribution is -0.113. The number of thioether (sulfide) groups is 1. The van der Waals surface area contributed by atoms with E-state index in [0.29, 0.717) is 17.5 Å². The van der Waals surface area contributed by atoms with E-state index in [9.17, 15) is 4.79 Å². The number of nitrogens with two attached hydrogens (primary N) is 1. The minimum atomic E-state index is -0.149. The van der Waals surface area contributed by atoms with E-state index in [0.717, 1.165) is 21.6 Å². The van der Waals surface area contributed by atoms with Gasteiger partial charge in [0.2, 0.25) is 11.1 Å². The zero-order chi connectivity index (χ0) is 19.9. The Hall–Kier alpha value is -2.72. The summed E-state index contributed by atoms with van der Waals surface area (Å²) in [6.07, 6.45) is 0. The number of anilines is 2. The Morgan fingerprint density at radius 2 is 2.00 bits per heavy atom. The lowest BCUT2D eigenvalue weighted by Crippen LogP contribution is -2.18. The molecule has 0 atom stereocenters. The summed E-state index contributed by atoms with van der Waals surface area (Å²) in [6.45, 7) is 0.403. The first kappa shape index (κ1) is 20.0. The highest BCUT2D eigenvalue weighted by atomic mass is 79.9. The molecule has 0 aliphatic heterocycles. The van der Waals surface area contributed by atoms with Crippen LogP contribution in [0.2, 0.25) is 0 Å². The van der Waals surface area contributed by atoms with Gasteiger partial charge in [0.05, 0.1) is 19.4 Å². The molecule has 8 nitrogen and oxygen atoms in total. The molecule has 2 aromatic carbocycles. The smallest absolute Gasteiger partial charge is 0.234 e. The molecule has 28 heavy (non-hydrogen) atoms. The third kappa shape index (κ3) is 5.40. The minimum absolute atomic E-state index is 0.149. The molecule has 0 unspecified atom stereocenters. The third-order valence-corrected chi connectivity index (χ3v) is 5.15. The Morgan fingerprint density at radius 1 is 1.21 bits per heavy atom. The Kier molecular flexibility index (Phi) is 6.77. The van der Waals surface area contributed by atoms with E-state index in [4.69, 9.17) is 10.6 Å². The molecule has 3 rings (SSSR count). The predicted molar refractivity (Wildman–Crippen MR) is 114 cm³/mol. The second-order valence-electron chi connectivity index (χ2n) is 5.70. The van der Waals surface area contributed by atoms with Crippen molar-refractivity contribution in [3.8, 4) is 5.75 Å². The molecule has 0 aliphatic rings. The lowest BCUT2D eigenvalue weighted by atomic mass is 10.3. The Balaban J connectivity index is 1.51. The average Bonchev–Trinajstić information content (AvgIpc) is 3.05. The number of hydrogen-bond acceptors (Lipinski definition) is 7. The average molecular weight is 463 g/mol. The SMILES string of the molecule is COc1ccc(NCc2nnc(SCC(=O)Nc3cccc(Br)c3)n2N)cc1. The van der Waals surface area contributed by atoms with Crippen molar-refractivity contribution in [2.75, 3.05) is 29.3 Å². The monoisotopic (exact) mass is 462 g/mol. The van der Waals surface area contributed by atoms with E-state index < -0.39 is 0 Å². The van der Waals surface area contributed by atoms with E-state index in [1.165, 1.54) is 16.4 Å². The first-order valence-electron chi connectivity index (χ1n) is 8.30. The zero-order valence-corrected chi connectivity index (χ0v) is 17.5. The number of methoxy groups -OCH3 is 1. The maximum Gasteiger partial charge on any atom is 0.234 e. The van der Waals surface area contributed by atoms with Gasteiger partial charge in [-0.15, -0.1) is 10.2 Å². The number of nitrogen functional groups attached to an aromatic ring is 1. The first-order chi connectivity index (χ1) is 13.5. The molecule has 0 aliphatic carbocycles. The van der Waals surface area contributed by atoms with Gasteiger partial charge < -0.3 is 21.2 Å². The summed E-state index contributed by atoms with van der Waals surface area (Å²) in [6, 6.07) is 14.9. The van der Waals surface area contributed by atoms with Crippen molar-refractivity contribution in [1.29, 1.82) is 0 Å². The van der Waals surface area contributed by atoms with Crippen molar-refractivity contribution in [3.05, 3.63) is 58.8 Å². The second-order valence-corrected chi connectivity index (χ2v) is 7.56. The van der Waals surface area contributed by atoms with Crippen LogP contribution in [-0.4, -0.2) is 33.6 Å². The topological polar surface area (TPSA) is 107 Å². The second kappa shape index (κ2) is 9.47. The predicted octanol–water partition coefficient (Wildman–Crippen LogP) is 3.11. The molecule has 146 valence electrons. The van der Waals surface area contributed by atoms with Crippen molar-refractivity contribution in [2.45, 2.75) is 11.7 Å². The number of benzene rings is 2. The highest BCUT2D eigenvalue weighted by Gasteiger charge is 2.12. The van der Waals surface area contributed by atoms with Gasteiger partial charge in [0, 0.05) is 15.8 Å². The summed E-state index contributed by atoms with van der Waals surface area (Å²) >= 11 is 4.59. The normalized spacial score (nSPS) is 10.5. The molecule has 0 spiro atoms. The molecule has 0 saturated heterocycles. The number of ether oxygens (including phenoxy) is 1. The van der Waals surface area contributed by atoms with Gasteiger partial charge in [-0.3, -0.25) is 4.79 Å². The van der Waals surface area contributed by atoms with Gasteiger partial charge >= 0.3 is 0 Å². The molecule has 1 amide bonds. The van der Waals surface area contributed by atoms with Crippen molar-refractivity contribution >= 4 is 45.0 Å². The van der Waals surface area contributed by atoms with Crippen LogP contribution in [0.3, 0.4) is 0 Å². The van der Waals surface area contributed by atoms with Crippen LogP contribution < -0.4 is 21.2 Å². The van der Waals surface area contributed by atoms with Gasteiger partial charge in [-0.25, -0.2) is 4.68 Å². The number of nitrogens with zero attached hydrogens (tertiary/aromatic N) is 3. The number of nitrogens with one attached hydrogen (secondary N) is 2. The van der Waals surface area contributed by atoms with Gasteiger partial charge in [0.15, 0.2) is 5.82 Å². The highest BCUT2D eigenvalue weighted by molar-refractivity contribution is 9.10. The third-order valence-electron chi connectivity index (χ3n) is 3.72. The summed E-state index contributed by atoms with van der Waals surface area (Å²) in [5, 5.41) is 14.6. The van der Waals surface area contributed by atoms with Gasteiger partial charge in [-0.1, -0.05) is 33.8 Å². The summed E-state index contributed by atoms with van der Waals surface area (Å²) in [5.74, 6) is 7.42. The number of carbonyl (C=O) groups is 1. The van der Waals surface area contributed by atoms with Crippen LogP contribution in [0.25, 0.3) is 0 Å². The zero-order valence-electron chi connectivity index (χ0n) is 15.1. The minimum Gasteiger partial charge on any atom is -0.497 e. The van der Waals surface area contributed by atoms with Gasteiger partial charge in [-0.2, -0.15) is 0 Å². The number of amides is 1. The quantitative estimate of drug-likeness (QED) is 0.348. The fraction of sp³-hybridized carbons (Fsp3) is 0.167. The van der Waals surface area contributed by atoms with Crippen LogP contribution in [0.1, 0.15) is 5.82 Å². The Morgan fingerprint density at radius 3 is 2.71 bits per heavy atom. The molecular formula is C18H19BrN6O2S. The molecule has 0 saturated carbocycles. The van der Waals surface area contributed by atoms with Gasteiger partial charge in [-0.05, 0) is 42.5 Å². The van der Waals surface area contributed by atoms with Crippen LogP contribution in [0, 0.1) is 0 Å². The van der Waals surface area contributed by atoms with Crippen LogP contribution in [0.15, 0.2) is 58.2 Å². The van der Waals surface area contributed by atoms with Gasteiger partial charge in [0.25, 0.3) is 0 Å². The largest absolute Gasteiger partial charge is 0.497 e. The number of hydrogen-bond donors (Lipinski definition) is 3. The summed E-state index contributed by atoms with van der Waals surface area (Å²) < 4.78 is 7.41. The molecule has 10 heteroatoms. The Bertz CT molecular complexity index is 948. The summed E-state index contributed by atoms with van der Waals surface area (Å²) in [4.78, 5) is 12.1. The van der Waals surface area contributed by atoms with Crippen LogP contribution in [-0.2, 0) is 11.3 Å². The first-order valence-corrected chi connectivity index (χ1v) is 10.1. The van der Waals surface area contributed by atoms with Crippen molar-refractivity contribution in [2.24, 2.45) is 0 Å². The maximum absolute atomic E-state index is 12.1. The number of aromatic nitrogens is 3. The van der Waals surface area contributed by atoms with Crippen molar-refractivity contribution in [3.63, 3.8) is 0 Å². The number of halogens is 1. The van der Waals surface area contributed by atoms with Gasteiger partial charge in [0.1, 0.15) is 5.75 Å². The number of rotatable bonds is 8. The fourth-order valence-electron chi connectivity index (χ4n) is 2.31. The van der Waals surface area contributed by atoms with E-state index in [-0.39, 0.29) is 11.7 Å². The maximum atomic E-state index is 12.1. The molecule has 1 heterocycles. The molecular weight excluding hydrogens is 444 g/mol. The Labute approximate surface area is 175 Å². The molecule has 0 radical (unpaired) electrons. The molecule has 1 aromatic heterocycles. The van der Waals surface area contributed by atoms with Crippen LogP contribution >= 0.6 is 27.7 Å². The van der Waals surface area contributed by atoms with E-state index in [1.54, 1.807) is 7.11 Å². The van der Waals surface area contributed by atoms with Crippen molar-refractivity contribution < 1.29 is 9.53 Å². The van der Waals surface area contributed by atoms with Crippen LogP contribution in [0.4, 0.5) is 11.4 Å². The summed E-state index contributed by atoms with van der Waals surface area (Å²) in [5.41, 5.74) is 1.63. The van der Waals surface area contributed by atoms with E-state index in [2.05, 4.69) is 36.8 Å². The molecule has 0 bridgehead atoms. The molecule has 4 N–H and O–H groups in total. The number of carbonyl (C=O) groups excluding carboxylic acids is 1. The van der Waals surface area contributed by atoms with Crippen LogP contribution in [0.5, 0.6) is 5.75 Å². The molecule has 3 aromatic rings. The van der Waals surface area contributed by atoms with E-state index >= 15 is 0 Å². The van der Waals surface area contributed by atoms with E-state index in [1.807, 2.05) is 48.5 Å². The summed E-state index contributed by atoms with van der Waals surface area (Å²) in [7, 11) is 1.62. The van der Waals surface area contributed by atoms with Crippen molar-refractivity contribution in [1.82, 2.24) is 14.9 Å².